The molecule has 0 aliphatic carbocycles. The maximum absolute atomic E-state index is 12.6. The third-order valence-corrected chi connectivity index (χ3v) is 3.99. The van der Waals surface area contributed by atoms with Gasteiger partial charge >= 0.3 is 0 Å². The lowest BCUT2D eigenvalue weighted by molar-refractivity contribution is -0.144. The average Bonchev–Trinajstić information content (AvgIpc) is 2.52. The van der Waals surface area contributed by atoms with Crippen molar-refractivity contribution in [3.8, 4) is 0 Å². The monoisotopic (exact) mass is 320 g/mol. The number of ether oxygens (including phenoxy) is 2. The van der Waals surface area contributed by atoms with Crippen LogP contribution in [0.1, 0.15) is 19.4 Å². The van der Waals surface area contributed by atoms with Crippen molar-refractivity contribution in [1.82, 2.24) is 9.80 Å². The Morgan fingerprint density at radius 1 is 1.26 bits per heavy atom. The first-order valence-corrected chi connectivity index (χ1v) is 8.27. The Bertz CT molecular complexity index is 470. The lowest BCUT2D eigenvalue weighted by Gasteiger charge is -2.36. The summed E-state index contributed by atoms with van der Waals surface area (Å²) in [5, 5.41) is 0. The lowest BCUT2D eigenvalue weighted by Crippen LogP contribution is -2.51. The summed E-state index contributed by atoms with van der Waals surface area (Å²) in [5.41, 5.74) is 1.21. The highest BCUT2D eigenvalue weighted by molar-refractivity contribution is 5.78. The maximum Gasteiger partial charge on any atom is 0.236 e. The van der Waals surface area contributed by atoms with Crippen LogP contribution in [-0.4, -0.2) is 67.8 Å². The summed E-state index contributed by atoms with van der Waals surface area (Å²) in [5.74, 6) is 0.166. The molecule has 1 aromatic rings. The molecule has 1 saturated heterocycles. The molecular formula is C18H28N2O3. The van der Waals surface area contributed by atoms with Gasteiger partial charge in [0.1, 0.15) is 0 Å². The molecule has 1 amide bonds. The van der Waals surface area contributed by atoms with Crippen LogP contribution in [-0.2, 0) is 20.8 Å². The van der Waals surface area contributed by atoms with Gasteiger partial charge in [-0.15, -0.1) is 0 Å². The topological polar surface area (TPSA) is 42.0 Å². The predicted molar refractivity (Wildman–Crippen MR) is 90.2 cm³/mol. The SMILES string of the molecule is COCCN(CC(=O)N1CC(C)OC(C)C1)Cc1ccccc1. The molecule has 2 unspecified atom stereocenters. The Morgan fingerprint density at radius 3 is 2.52 bits per heavy atom. The van der Waals surface area contributed by atoms with E-state index in [-0.39, 0.29) is 18.1 Å². The number of carbonyl (C=O) groups is 1. The van der Waals surface area contributed by atoms with E-state index in [0.717, 1.165) is 13.1 Å². The fraction of sp³-hybridized carbons (Fsp3) is 0.611. The van der Waals surface area contributed by atoms with Crippen molar-refractivity contribution < 1.29 is 14.3 Å². The highest BCUT2D eigenvalue weighted by Gasteiger charge is 2.26. The first-order chi connectivity index (χ1) is 11.1. The number of rotatable bonds is 7. The number of hydrogen-bond donors (Lipinski definition) is 0. The summed E-state index contributed by atoms with van der Waals surface area (Å²) in [4.78, 5) is 16.7. The van der Waals surface area contributed by atoms with Crippen molar-refractivity contribution in [2.24, 2.45) is 0 Å². The zero-order chi connectivity index (χ0) is 16.7. The summed E-state index contributed by atoms with van der Waals surface area (Å²) >= 11 is 0. The van der Waals surface area contributed by atoms with E-state index in [0.29, 0.717) is 26.2 Å². The second kappa shape index (κ2) is 9.01. The fourth-order valence-electron chi connectivity index (χ4n) is 2.95. The van der Waals surface area contributed by atoms with Crippen molar-refractivity contribution in [2.75, 3.05) is 39.9 Å². The smallest absolute Gasteiger partial charge is 0.236 e. The van der Waals surface area contributed by atoms with E-state index in [1.165, 1.54) is 5.56 Å². The first kappa shape index (κ1) is 17.9. The molecule has 0 spiro atoms. The molecule has 5 heteroatoms. The number of amides is 1. The molecule has 128 valence electrons. The summed E-state index contributed by atoms with van der Waals surface area (Å²) in [7, 11) is 1.69. The number of morpholine rings is 1. The summed E-state index contributed by atoms with van der Waals surface area (Å²) in [6, 6.07) is 10.2. The van der Waals surface area contributed by atoms with E-state index in [1.54, 1.807) is 7.11 Å². The van der Waals surface area contributed by atoms with Gasteiger partial charge in [-0.05, 0) is 19.4 Å². The number of benzene rings is 1. The molecule has 0 aromatic heterocycles. The average molecular weight is 320 g/mol. The third kappa shape index (κ3) is 5.94. The van der Waals surface area contributed by atoms with E-state index in [4.69, 9.17) is 9.47 Å². The minimum Gasteiger partial charge on any atom is -0.383 e. The Morgan fingerprint density at radius 2 is 1.91 bits per heavy atom. The van der Waals surface area contributed by atoms with Crippen LogP contribution in [0.5, 0.6) is 0 Å². The second-order valence-electron chi connectivity index (χ2n) is 6.25. The molecule has 0 bridgehead atoms. The molecule has 2 atom stereocenters. The summed E-state index contributed by atoms with van der Waals surface area (Å²) in [6.45, 7) is 7.91. The van der Waals surface area contributed by atoms with Crippen LogP contribution in [0.25, 0.3) is 0 Å². The van der Waals surface area contributed by atoms with Gasteiger partial charge in [-0.2, -0.15) is 0 Å². The Balaban J connectivity index is 1.94. The van der Waals surface area contributed by atoms with Crippen LogP contribution in [0.15, 0.2) is 30.3 Å². The first-order valence-electron chi connectivity index (χ1n) is 8.27. The van der Waals surface area contributed by atoms with Crippen LogP contribution in [0.3, 0.4) is 0 Å². The molecule has 0 radical (unpaired) electrons. The zero-order valence-corrected chi connectivity index (χ0v) is 14.4. The highest BCUT2D eigenvalue weighted by atomic mass is 16.5. The molecule has 0 saturated carbocycles. The molecule has 1 aliphatic heterocycles. The van der Waals surface area contributed by atoms with Crippen LogP contribution in [0.4, 0.5) is 0 Å². The maximum atomic E-state index is 12.6. The minimum atomic E-state index is 0.101. The van der Waals surface area contributed by atoms with E-state index < -0.39 is 0 Å². The molecule has 0 N–H and O–H groups in total. The van der Waals surface area contributed by atoms with Crippen LogP contribution >= 0.6 is 0 Å². The van der Waals surface area contributed by atoms with Crippen LogP contribution < -0.4 is 0 Å². The molecule has 2 rings (SSSR count). The van der Waals surface area contributed by atoms with E-state index in [2.05, 4.69) is 17.0 Å². The fourth-order valence-corrected chi connectivity index (χ4v) is 2.95. The summed E-state index contributed by atoms with van der Waals surface area (Å²) < 4.78 is 10.9. The van der Waals surface area contributed by atoms with E-state index >= 15 is 0 Å². The molecule has 1 aromatic carbocycles. The van der Waals surface area contributed by atoms with Crippen LogP contribution in [0.2, 0.25) is 0 Å². The van der Waals surface area contributed by atoms with Gasteiger partial charge in [-0.1, -0.05) is 30.3 Å². The van der Waals surface area contributed by atoms with Crippen molar-refractivity contribution in [3.05, 3.63) is 35.9 Å². The Kier molecular flexibility index (Phi) is 7.02. The van der Waals surface area contributed by atoms with Gasteiger partial charge in [-0.25, -0.2) is 0 Å². The van der Waals surface area contributed by atoms with Gasteiger partial charge in [0.25, 0.3) is 0 Å². The molecule has 5 nitrogen and oxygen atoms in total. The second-order valence-corrected chi connectivity index (χ2v) is 6.25. The zero-order valence-electron chi connectivity index (χ0n) is 14.4. The van der Waals surface area contributed by atoms with Gasteiger partial charge in [0.15, 0.2) is 0 Å². The highest BCUT2D eigenvalue weighted by Crippen LogP contribution is 2.12. The normalized spacial score (nSPS) is 21.7. The Hall–Kier alpha value is -1.43. The number of methoxy groups -OCH3 is 1. The van der Waals surface area contributed by atoms with Crippen molar-refractivity contribution in [3.63, 3.8) is 0 Å². The largest absolute Gasteiger partial charge is 0.383 e. The van der Waals surface area contributed by atoms with E-state index in [1.807, 2.05) is 36.9 Å². The van der Waals surface area contributed by atoms with Gasteiger partial charge in [0.2, 0.25) is 5.91 Å². The third-order valence-electron chi connectivity index (χ3n) is 3.99. The van der Waals surface area contributed by atoms with Gasteiger partial charge in [0, 0.05) is 33.3 Å². The van der Waals surface area contributed by atoms with Crippen LogP contribution in [0, 0.1) is 0 Å². The molecule has 1 aliphatic rings. The number of nitrogens with zero attached hydrogens (tertiary/aromatic N) is 2. The van der Waals surface area contributed by atoms with Crippen molar-refractivity contribution >= 4 is 5.91 Å². The molecule has 1 heterocycles. The predicted octanol–water partition coefficient (Wildman–Crippen LogP) is 1.77. The van der Waals surface area contributed by atoms with Gasteiger partial charge < -0.3 is 14.4 Å². The number of carbonyl (C=O) groups excluding carboxylic acids is 1. The number of hydrogen-bond acceptors (Lipinski definition) is 4. The molecular weight excluding hydrogens is 292 g/mol. The van der Waals surface area contributed by atoms with Crippen molar-refractivity contribution in [1.29, 1.82) is 0 Å². The van der Waals surface area contributed by atoms with E-state index in [9.17, 15) is 4.79 Å². The standard InChI is InChI=1S/C18H28N2O3/c1-15-11-20(12-16(2)23-15)18(21)14-19(9-10-22-3)13-17-7-5-4-6-8-17/h4-8,15-16H,9-14H2,1-3H3. The van der Waals surface area contributed by atoms with Gasteiger partial charge in [0.05, 0.1) is 25.4 Å². The molecule has 23 heavy (non-hydrogen) atoms. The van der Waals surface area contributed by atoms with Gasteiger partial charge in [-0.3, -0.25) is 9.69 Å². The summed E-state index contributed by atoms with van der Waals surface area (Å²) in [6.07, 6.45) is 0.202. The van der Waals surface area contributed by atoms with Crippen molar-refractivity contribution in [2.45, 2.75) is 32.6 Å². The lowest BCUT2D eigenvalue weighted by atomic mass is 10.2. The quantitative estimate of drug-likeness (QED) is 0.768. The molecule has 1 fully saturated rings. The Labute approximate surface area is 139 Å². The minimum absolute atomic E-state index is 0.101.